The zero-order valence-electron chi connectivity index (χ0n) is 13.6. The molecule has 4 bridgehead atoms. The minimum absolute atomic E-state index is 0.0926. The zero-order valence-corrected chi connectivity index (χ0v) is 14.4. The second-order valence-electron chi connectivity index (χ2n) is 8.30. The monoisotopic (exact) mass is 319 g/mol. The van der Waals surface area contributed by atoms with Gasteiger partial charge in [-0.3, -0.25) is 4.79 Å². The fourth-order valence-corrected chi connectivity index (χ4v) is 6.68. The Labute approximate surface area is 136 Å². The van der Waals surface area contributed by atoms with Crippen LogP contribution >= 0.6 is 11.3 Å². The van der Waals surface area contributed by atoms with E-state index in [0.29, 0.717) is 12.0 Å². The highest BCUT2D eigenvalue weighted by Gasteiger charge is 2.59. The van der Waals surface area contributed by atoms with Crippen LogP contribution in [0.25, 0.3) is 0 Å². The molecule has 0 amide bonds. The molecule has 1 aromatic rings. The van der Waals surface area contributed by atoms with Crippen LogP contribution in [0.15, 0.2) is 5.51 Å². The number of hydrogen-bond acceptors (Lipinski definition) is 4. The minimum Gasteiger partial charge on any atom is -0.465 e. The van der Waals surface area contributed by atoms with Gasteiger partial charge in [0.1, 0.15) is 0 Å². The summed E-state index contributed by atoms with van der Waals surface area (Å²) in [6.45, 7) is 4.93. The third-order valence-corrected chi connectivity index (χ3v) is 7.19. The number of aromatic nitrogens is 1. The molecular formula is C18H25NO2S. The lowest BCUT2D eigenvalue weighted by Crippen LogP contribution is -2.54. The smallest absolute Gasteiger partial charge is 0.312 e. The zero-order chi connectivity index (χ0) is 15.4. The van der Waals surface area contributed by atoms with Crippen molar-refractivity contribution in [3.63, 3.8) is 0 Å². The number of carbonyl (C=O) groups excluding carboxylic acids is 1. The van der Waals surface area contributed by atoms with Crippen molar-refractivity contribution in [2.24, 2.45) is 22.7 Å². The molecule has 1 heterocycles. The molecule has 120 valence electrons. The molecule has 2 unspecified atom stereocenters. The van der Waals surface area contributed by atoms with E-state index in [2.05, 4.69) is 11.9 Å². The molecule has 4 heteroatoms. The van der Waals surface area contributed by atoms with Crippen LogP contribution in [0.1, 0.15) is 56.0 Å². The summed E-state index contributed by atoms with van der Waals surface area (Å²) >= 11 is 1.66. The van der Waals surface area contributed by atoms with Gasteiger partial charge in [0.15, 0.2) is 0 Å². The highest BCUT2D eigenvalue weighted by molar-refractivity contribution is 7.09. The van der Waals surface area contributed by atoms with Gasteiger partial charge in [0, 0.05) is 11.3 Å². The second-order valence-corrected chi connectivity index (χ2v) is 9.24. The summed E-state index contributed by atoms with van der Waals surface area (Å²) in [5.74, 6) is 1.63. The van der Waals surface area contributed by atoms with Gasteiger partial charge in [0.2, 0.25) is 0 Å². The molecule has 0 aliphatic heterocycles. The highest BCUT2D eigenvalue weighted by Crippen LogP contribution is 2.65. The van der Waals surface area contributed by atoms with E-state index in [1.54, 1.807) is 11.3 Å². The Kier molecular flexibility index (Phi) is 3.37. The lowest BCUT2D eigenvalue weighted by molar-refractivity contribution is -0.179. The van der Waals surface area contributed by atoms with Gasteiger partial charge < -0.3 is 4.74 Å². The molecule has 2 atom stereocenters. The van der Waals surface area contributed by atoms with E-state index in [9.17, 15) is 4.79 Å². The molecule has 4 saturated carbocycles. The Balaban J connectivity index is 1.41. The van der Waals surface area contributed by atoms with Crippen LogP contribution in [0.5, 0.6) is 0 Å². The van der Waals surface area contributed by atoms with Gasteiger partial charge in [0.05, 0.1) is 23.2 Å². The molecule has 0 N–H and O–H groups in total. The first-order valence-corrected chi connectivity index (χ1v) is 9.42. The van der Waals surface area contributed by atoms with E-state index in [0.717, 1.165) is 43.2 Å². The summed E-state index contributed by atoms with van der Waals surface area (Å²) in [5, 5.41) is 0. The molecule has 22 heavy (non-hydrogen) atoms. The number of hydrogen-bond donors (Lipinski definition) is 0. The second kappa shape index (κ2) is 5.05. The first kappa shape index (κ1) is 14.7. The van der Waals surface area contributed by atoms with Gasteiger partial charge in [-0.05, 0) is 62.7 Å². The number of carbonyl (C=O) groups is 1. The van der Waals surface area contributed by atoms with E-state index in [4.69, 9.17) is 4.74 Å². The Morgan fingerprint density at radius 2 is 2.09 bits per heavy atom. The molecule has 4 fully saturated rings. The number of rotatable bonds is 4. The van der Waals surface area contributed by atoms with Crippen LogP contribution in [0.3, 0.4) is 0 Å². The third-order valence-electron chi connectivity index (χ3n) is 6.19. The predicted molar refractivity (Wildman–Crippen MR) is 86.7 cm³/mol. The molecule has 0 aromatic carbocycles. The van der Waals surface area contributed by atoms with E-state index >= 15 is 0 Å². The van der Waals surface area contributed by atoms with Crippen molar-refractivity contribution in [2.45, 2.75) is 58.8 Å². The van der Waals surface area contributed by atoms with Crippen molar-refractivity contribution < 1.29 is 9.53 Å². The van der Waals surface area contributed by atoms with E-state index < -0.39 is 0 Å². The molecule has 0 radical (unpaired) electrons. The Morgan fingerprint density at radius 1 is 1.36 bits per heavy atom. The molecule has 5 rings (SSSR count). The maximum absolute atomic E-state index is 12.8. The van der Waals surface area contributed by atoms with Gasteiger partial charge in [-0.25, -0.2) is 4.98 Å². The molecule has 4 aliphatic carbocycles. The Hall–Kier alpha value is -0.900. The first-order chi connectivity index (χ1) is 10.5. The van der Waals surface area contributed by atoms with Gasteiger partial charge in [-0.1, -0.05) is 6.92 Å². The standard InChI is InChI=1S/C18H25NO2S/c1-12-15(22-11-19-12)3-4-21-16(20)18-8-13-5-14(9-18)7-17(2,6-13)10-18/h11,13-14H,3-10H2,1-2H3. The fourth-order valence-electron chi connectivity index (χ4n) is 5.91. The number of nitrogens with zero attached hydrogens (tertiary/aromatic N) is 1. The summed E-state index contributed by atoms with van der Waals surface area (Å²) in [6.07, 6.45) is 8.05. The maximum Gasteiger partial charge on any atom is 0.312 e. The summed E-state index contributed by atoms with van der Waals surface area (Å²) < 4.78 is 5.74. The van der Waals surface area contributed by atoms with Crippen LogP contribution in [0, 0.1) is 29.6 Å². The van der Waals surface area contributed by atoms with Crippen LogP contribution < -0.4 is 0 Å². The van der Waals surface area contributed by atoms with Crippen molar-refractivity contribution >= 4 is 17.3 Å². The summed E-state index contributed by atoms with van der Waals surface area (Å²) in [7, 11) is 0. The van der Waals surface area contributed by atoms with Gasteiger partial charge >= 0.3 is 5.97 Å². The topological polar surface area (TPSA) is 39.2 Å². The largest absolute Gasteiger partial charge is 0.465 e. The Morgan fingerprint density at radius 3 is 2.68 bits per heavy atom. The minimum atomic E-state index is -0.151. The van der Waals surface area contributed by atoms with Crippen molar-refractivity contribution in [3.8, 4) is 0 Å². The normalized spacial score (nSPS) is 39.2. The van der Waals surface area contributed by atoms with Gasteiger partial charge in [-0.15, -0.1) is 11.3 Å². The summed E-state index contributed by atoms with van der Waals surface area (Å²) in [6, 6.07) is 0. The van der Waals surface area contributed by atoms with Crippen molar-refractivity contribution in [1.29, 1.82) is 0 Å². The number of ether oxygens (including phenoxy) is 1. The Bertz CT molecular complexity index is 580. The SMILES string of the molecule is Cc1ncsc1CCOC(=O)C12CC3CC(CC(C)(C3)C1)C2. The van der Waals surface area contributed by atoms with Crippen molar-refractivity contribution in [1.82, 2.24) is 4.98 Å². The molecular weight excluding hydrogens is 294 g/mol. The lowest BCUT2D eigenvalue weighted by atomic mass is 9.44. The summed E-state index contributed by atoms with van der Waals surface area (Å²) in [4.78, 5) is 18.3. The van der Waals surface area contributed by atoms with Crippen LogP contribution in [-0.2, 0) is 16.0 Å². The molecule has 3 nitrogen and oxygen atoms in total. The third kappa shape index (κ3) is 2.40. The lowest BCUT2D eigenvalue weighted by Gasteiger charge is -2.59. The number of thiazole rings is 1. The molecule has 1 aromatic heterocycles. The average molecular weight is 319 g/mol. The summed E-state index contributed by atoms with van der Waals surface area (Å²) in [5.41, 5.74) is 3.19. The number of aryl methyl sites for hydroxylation is 1. The van der Waals surface area contributed by atoms with E-state index in [1.807, 2.05) is 12.4 Å². The number of esters is 1. The van der Waals surface area contributed by atoms with Crippen molar-refractivity contribution in [2.75, 3.05) is 6.61 Å². The first-order valence-electron chi connectivity index (χ1n) is 8.54. The molecule has 0 spiro atoms. The van der Waals surface area contributed by atoms with Gasteiger partial charge in [-0.2, -0.15) is 0 Å². The maximum atomic E-state index is 12.8. The van der Waals surface area contributed by atoms with E-state index in [-0.39, 0.29) is 11.4 Å². The van der Waals surface area contributed by atoms with Crippen LogP contribution in [-0.4, -0.2) is 17.6 Å². The predicted octanol–water partition coefficient (Wildman–Crippen LogP) is 4.14. The van der Waals surface area contributed by atoms with Gasteiger partial charge in [0.25, 0.3) is 0 Å². The van der Waals surface area contributed by atoms with Crippen molar-refractivity contribution in [3.05, 3.63) is 16.1 Å². The highest BCUT2D eigenvalue weighted by atomic mass is 32.1. The van der Waals surface area contributed by atoms with Crippen LogP contribution in [0.4, 0.5) is 0 Å². The quantitative estimate of drug-likeness (QED) is 0.783. The van der Waals surface area contributed by atoms with Crippen LogP contribution in [0.2, 0.25) is 0 Å². The molecule has 0 saturated heterocycles. The fraction of sp³-hybridized carbons (Fsp3) is 0.778. The van der Waals surface area contributed by atoms with E-state index in [1.165, 1.54) is 24.1 Å². The average Bonchev–Trinajstić information content (AvgIpc) is 2.81. The molecule has 4 aliphatic rings.